The standard InChI is InChI=1S/C18H17NO8/c20-11-6-4-10(8-13(11)22)5-7-16(24)19-9-14(23)18(26)27-15-3-1-2-12(21)17(15)25/h1-8,14,20-23,25H,9H2,(H,19,24)/b7-5+/t14-/m1/s1. The number of aliphatic hydroxyl groups is 1. The van der Waals surface area contributed by atoms with E-state index < -0.39 is 36.0 Å². The van der Waals surface area contributed by atoms with E-state index >= 15 is 0 Å². The number of aliphatic hydroxyl groups excluding tert-OH is 1. The topological polar surface area (TPSA) is 157 Å². The molecule has 2 aromatic carbocycles. The SMILES string of the molecule is O=C(/C=C/c1ccc(O)c(O)c1)NC[C@@H](O)C(=O)Oc1cccc(O)c1O. The summed E-state index contributed by atoms with van der Waals surface area (Å²) in [5, 5.41) is 49.4. The average molecular weight is 375 g/mol. The zero-order valence-electron chi connectivity index (χ0n) is 13.9. The lowest BCUT2D eigenvalue weighted by Gasteiger charge is -2.12. The highest BCUT2D eigenvalue weighted by Gasteiger charge is 2.20. The molecule has 0 aliphatic rings. The summed E-state index contributed by atoms with van der Waals surface area (Å²) >= 11 is 0. The predicted molar refractivity (Wildman–Crippen MR) is 93.2 cm³/mol. The molecule has 0 radical (unpaired) electrons. The van der Waals surface area contributed by atoms with Crippen LogP contribution in [0.3, 0.4) is 0 Å². The van der Waals surface area contributed by atoms with Gasteiger partial charge in [0.1, 0.15) is 0 Å². The second-order valence-electron chi connectivity index (χ2n) is 5.39. The Hall–Kier alpha value is -3.72. The smallest absolute Gasteiger partial charge is 0.342 e. The molecular weight excluding hydrogens is 358 g/mol. The molecule has 0 bridgehead atoms. The van der Waals surface area contributed by atoms with E-state index in [-0.39, 0.29) is 17.2 Å². The van der Waals surface area contributed by atoms with Crippen LogP contribution < -0.4 is 10.1 Å². The summed E-state index contributed by atoms with van der Waals surface area (Å²) in [4.78, 5) is 23.5. The zero-order valence-corrected chi connectivity index (χ0v) is 13.9. The van der Waals surface area contributed by atoms with Crippen molar-refractivity contribution in [1.29, 1.82) is 0 Å². The second-order valence-corrected chi connectivity index (χ2v) is 5.39. The minimum Gasteiger partial charge on any atom is -0.504 e. The van der Waals surface area contributed by atoms with Crippen molar-refractivity contribution in [3.63, 3.8) is 0 Å². The first-order valence-corrected chi connectivity index (χ1v) is 7.66. The summed E-state index contributed by atoms with van der Waals surface area (Å²) in [5.74, 6) is -3.88. The number of esters is 1. The number of hydrogen-bond donors (Lipinski definition) is 6. The molecule has 2 rings (SSSR count). The Labute approximate surface area is 153 Å². The van der Waals surface area contributed by atoms with E-state index in [4.69, 9.17) is 4.74 Å². The monoisotopic (exact) mass is 375 g/mol. The summed E-state index contributed by atoms with van der Waals surface area (Å²) < 4.78 is 4.75. The minimum atomic E-state index is -1.71. The van der Waals surface area contributed by atoms with Gasteiger partial charge in [-0.1, -0.05) is 12.1 Å². The highest BCUT2D eigenvalue weighted by atomic mass is 16.6. The number of amides is 1. The summed E-state index contributed by atoms with van der Waals surface area (Å²) in [6, 6.07) is 7.69. The Morgan fingerprint density at radius 2 is 1.78 bits per heavy atom. The Morgan fingerprint density at radius 1 is 1.04 bits per heavy atom. The van der Waals surface area contributed by atoms with E-state index in [1.807, 2.05) is 0 Å². The number of nitrogens with one attached hydrogen (secondary N) is 1. The Balaban J connectivity index is 1.86. The Bertz CT molecular complexity index is 878. The summed E-state index contributed by atoms with van der Waals surface area (Å²) in [6.45, 7) is -0.456. The molecule has 9 heteroatoms. The van der Waals surface area contributed by atoms with Gasteiger partial charge in [-0.25, -0.2) is 4.79 Å². The van der Waals surface area contributed by atoms with Gasteiger partial charge in [0.05, 0.1) is 6.54 Å². The van der Waals surface area contributed by atoms with Crippen molar-refractivity contribution in [3.05, 3.63) is 48.0 Å². The Kier molecular flexibility index (Phi) is 6.23. The highest BCUT2D eigenvalue weighted by molar-refractivity contribution is 5.92. The number of hydrogen-bond acceptors (Lipinski definition) is 8. The third-order valence-electron chi connectivity index (χ3n) is 3.36. The molecule has 0 aromatic heterocycles. The lowest BCUT2D eigenvalue weighted by molar-refractivity contribution is -0.143. The number of carbonyl (C=O) groups excluding carboxylic acids is 2. The van der Waals surface area contributed by atoms with Gasteiger partial charge >= 0.3 is 5.97 Å². The maximum atomic E-state index is 11.8. The lowest BCUT2D eigenvalue weighted by atomic mass is 10.2. The van der Waals surface area contributed by atoms with Crippen molar-refractivity contribution < 1.29 is 39.9 Å². The molecule has 2 aromatic rings. The maximum absolute atomic E-state index is 11.8. The van der Waals surface area contributed by atoms with E-state index in [1.54, 1.807) is 0 Å². The van der Waals surface area contributed by atoms with Crippen molar-refractivity contribution in [2.24, 2.45) is 0 Å². The summed E-state index contributed by atoms with van der Waals surface area (Å²) in [5.41, 5.74) is 0.444. The van der Waals surface area contributed by atoms with Crippen LogP contribution in [0.15, 0.2) is 42.5 Å². The minimum absolute atomic E-state index is 0.295. The van der Waals surface area contributed by atoms with Gasteiger partial charge in [-0.05, 0) is 35.9 Å². The third-order valence-corrected chi connectivity index (χ3v) is 3.36. The molecule has 0 aliphatic carbocycles. The fourth-order valence-corrected chi connectivity index (χ4v) is 1.93. The molecule has 1 atom stereocenters. The van der Waals surface area contributed by atoms with Crippen LogP contribution in [0, 0.1) is 0 Å². The van der Waals surface area contributed by atoms with Crippen molar-refractivity contribution in [2.75, 3.05) is 6.54 Å². The first-order chi connectivity index (χ1) is 12.8. The molecule has 142 valence electrons. The summed E-state index contributed by atoms with van der Waals surface area (Å²) in [7, 11) is 0. The van der Waals surface area contributed by atoms with Crippen molar-refractivity contribution in [3.8, 4) is 28.7 Å². The molecule has 0 aliphatic heterocycles. The van der Waals surface area contributed by atoms with Crippen molar-refractivity contribution in [1.82, 2.24) is 5.32 Å². The van der Waals surface area contributed by atoms with Crippen molar-refractivity contribution >= 4 is 18.0 Å². The van der Waals surface area contributed by atoms with E-state index in [9.17, 15) is 35.1 Å². The number of ether oxygens (including phenoxy) is 1. The number of carbonyl (C=O) groups is 2. The van der Waals surface area contributed by atoms with Crippen LogP contribution >= 0.6 is 0 Å². The van der Waals surface area contributed by atoms with Crippen LogP contribution in [0.5, 0.6) is 28.7 Å². The Morgan fingerprint density at radius 3 is 2.48 bits per heavy atom. The van der Waals surface area contributed by atoms with Gasteiger partial charge in [0.15, 0.2) is 29.1 Å². The van der Waals surface area contributed by atoms with E-state index in [0.29, 0.717) is 5.56 Å². The molecule has 0 unspecified atom stereocenters. The quantitative estimate of drug-likeness (QED) is 0.185. The second kappa shape index (κ2) is 8.59. The number of rotatable bonds is 6. The number of benzene rings is 2. The van der Waals surface area contributed by atoms with Gasteiger partial charge in [0.2, 0.25) is 11.7 Å². The van der Waals surface area contributed by atoms with Crippen LogP contribution in [0.25, 0.3) is 6.08 Å². The molecular formula is C18H17NO8. The first-order valence-electron chi connectivity index (χ1n) is 7.66. The third kappa shape index (κ3) is 5.38. The van der Waals surface area contributed by atoms with E-state index in [1.165, 1.54) is 42.5 Å². The van der Waals surface area contributed by atoms with Gasteiger partial charge < -0.3 is 35.6 Å². The van der Waals surface area contributed by atoms with Gasteiger partial charge in [-0.15, -0.1) is 0 Å². The summed E-state index contributed by atoms with van der Waals surface area (Å²) in [6.07, 6.45) is 0.747. The van der Waals surface area contributed by atoms with Crippen LogP contribution in [0.2, 0.25) is 0 Å². The van der Waals surface area contributed by atoms with Crippen LogP contribution in [-0.4, -0.2) is 50.1 Å². The molecule has 1 amide bonds. The number of phenolic OH excluding ortho intramolecular Hbond substituents is 4. The van der Waals surface area contributed by atoms with Crippen molar-refractivity contribution in [2.45, 2.75) is 6.10 Å². The molecule has 0 saturated heterocycles. The maximum Gasteiger partial charge on any atom is 0.342 e. The molecule has 27 heavy (non-hydrogen) atoms. The number of para-hydroxylation sites is 1. The largest absolute Gasteiger partial charge is 0.504 e. The fraction of sp³-hybridized carbons (Fsp3) is 0.111. The van der Waals surface area contributed by atoms with Gasteiger partial charge in [-0.2, -0.15) is 0 Å². The molecule has 6 N–H and O–H groups in total. The highest BCUT2D eigenvalue weighted by Crippen LogP contribution is 2.34. The molecule has 9 nitrogen and oxygen atoms in total. The fourth-order valence-electron chi connectivity index (χ4n) is 1.93. The molecule has 0 heterocycles. The zero-order chi connectivity index (χ0) is 20.0. The molecule has 0 saturated carbocycles. The predicted octanol–water partition coefficient (Wildman–Crippen LogP) is 0.605. The molecule has 0 fully saturated rings. The normalized spacial score (nSPS) is 11.9. The number of aromatic hydroxyl groups is 4. The average Bonchev–Trinajstić information content (AvgIpc) is 2.64. The first kappa shape index (κ1) is 19.6. The molecule has 0 spiro atoms. The van der Waals surface area contributed by atoms with Gasteiger partial charge in [0.25, 0.3) is 0 Å². The van der Waals surface area contributed by atoms with Gasteiger partial charge in [-0.3, -0.25) is 4.79 Å². The van der Waals surface area contributed by atoms with E-state index in [0.717, 1.165) is 6.08 Å². The van der Waals surface area contributed by atoms with Gasteiger partial charge in [0, 0.05) is 6.08 Å². The van der Waals surface area contributed by atoms with Crippen LogP contribution in [0.1, 0.15) is 5.56 Å². The van der Waals surface area contributed by atoms with Crippen LogP contribution in [-0.2, 0) is 9.59 Å². The number of phenols is 4. The van der Waals surface area contributed by atoms with Crippen LogP contribution in [0.4, 0.5) is 0 Å². The lowest BCUT2D eigenvalue weighted by Crippen LogP contribution is -2.38. The van der Waals surface area contributed by atoms with E-state index in [2.05, 4.69) is 5.32 Å².